The molecule has 0 spiro atoms. The summed E-state index contributed by atoms with van der Waals surface area (Å²) in [7, 11) is 0. The molecule has 0 radical (unpaired) electrons. The highest BCUT2D eigenvalue weighted by Gasteiger charge is 2.63. The van der Waals surface area contributed by atoms with E-state index < -0.39 is 0 Å². The molecule has 0 aromatic carbocycles. The van der Waals surface area contributed by atoms with Gasteiger partial charge in [0.15, 0.2) is 0 Å². The van der Waals surface area contributed by atoms with Crippen LogP contribution < -0.4 is 10.9 Å². The fourth-order valence-electron chi connectivity index (χ4n) is 2.54. The highest BCUT2D eigenvalue weighted by atomic mass is 16.1. The molecule has 1 heterocycles. The second-order valence-electron chi connectivity index (χ2n) is 5.71. The second kappa shape index (κ2) is 3.34. The van der Waals surface area contributed by atoms with Crippen LogP contribution >= 0.6 is 0 Å². The van der Waals surface area contributed by atoms with Crippen LogP contribution in [0.1, 0.15) is 27.7 Å². The molecule has 4 nitrogen and oxygen atoms in total. The molecule has 1 aliphatic carbocycles. The van der Waals surface area contributed by atoms with Crippen molar-refractivity contribution < 1.29 is 0 Å². The van der Waals surface area contributed by atoms with Crippen molar-refractivity contribution in [2.24, 2.45) is 16.7 Å². The van der Waals surface area contributed by atoms with Crippen LogP contribution in [0.15, 0.2) is 17.1 Å². The Kier molecular flexibility index (Phi) is 2.33. The highest BCUT2D eigenvalue weighted by molar-refractivity contribution is 5.39. The Morgan fingerprint density at radius 1 is 1.38 bits per heavy atom. The predicted molar refractivity (Wildman–Crippen MR) is 64.4 cm³/mol. The first-order chi connectivity index (χ1) is 7.35. The fourth-order valence-corrected chi connectivity index (χ4v) is 2.54. The van der Waals surface area contributed by atoms with E-state index in [1.54, 1.807) is 6.20 Å². The van der Waals surface area contributed by atoms with E-state index in [1.165, 1.54) is 6.07 Å². The molecule has 1 aromatic heterocycles. The molecule has 1 aromatic rings. The Labute approximate surface area is 95.5 Å². The first kappa shape index (κ1) is 11.2. The minimum atomic E-state index is -0.167. The lowest BCUT2D eigenvalue weighted by Gasteiger charge is -2.06. The first-order valence-electron chi connectivity index (χ1n) is 5.64. The number of aromatic amines is 1. The van der Waals surface area contributed by atoms with Gasteiger partial charge in [-0.25, -0.2) is 5.10 Å². The van der Waals surface area contributed by atoms with E-state index in [-0.39, 0.29) is 5.56 Å². The molecule has 88 valence electrons. The smallest absolute Gasteiger partial charge is 0.266 e. The van der Waals surface area contributed by atoms with E-state index in [1.807, 2.05) is 0 Å². The van der Waals surface area contributed by atoms with E-state index in [2.05, 4.69) is 43.2 Å². The topological polar surface area (TPSA) is 57.8 Å². The van der Waals surface area contributed by atoms with Crippen LogP contribution in [0.2, 0.25) is 0 Å². The van der Waals surface area contributed by atoms with Crippen LogP contribution in [-0.4, -0.2) is 16.7 Å². The molecular formula is C12H19N3O. The van der Waals surface area contributed by atoms with Gasteiger partial charge in [0, 0.05) is 12.6 Å². The van der Waals surface area contributed by atoms with Crippen LogP contribution in [0.25, 0.3) is 0 Å². The monoisotopic (exact) mass is 221 g/mol. The van der Waals surface area contributed by atoms with Crippen molar-refractivity contribution >= 4 is 5.69 Å². The van der Waals surface area contributed by atoms with E-state index in [0.717, 1.165) is 12.2 Å². The van der Waals surface area contributed by atoms with E-state index in [4.69, 9.17) is 0 Å². The van der Waals surface area contributed by atoms with Crippen molar-refractivity contribution in [1.82, 2.24) is 10.2 Å². The molecule has 0 bridgehead atoms. The summed E-state index contributed by atoms with van der Waals surface area (Å²) in [6, 6.07) is 1.54. The molecule has 0 atom stereocenters. The van der Waals surface area contributed by atoms with Crippen molar-refractivity contribution in [3.63, 3.8) is 0 Å². The number of nitrogens with one attached hydrogen (secondary N) is 2. The molecular weight excluding hydrogens is 202 g/mol. The number of hydrogen-bond donors (Lipinski definition) is 2. The van der Waals surface area contributed by atoms with Crippen LogP contribution in [0.3, 0.4) is 0 Å². The zero-order valence-electron chi connectivity index (χ0n) is 10.3. The van der Waals surface area contributed by atoms with Gasteiger partial charge in [-0.05, 0) is 16.7 Å². The summed E-state index contributed by atoms with van der Waals surface area (Å²) in [6.07, 6.45) is 1.64. The lowest BCUT2D eigenvalue weighted by atomic mass is 10.0. The van der Waals surface area contributed by atoms with Gasteiger partial charge >= 0.3 is 0 Å². The van der Waals surface area contributed by atoms with Gasteiger partial charge in [-0.15, -0.1) is 0 Å². The SMILES string of the molecule is CC1(C)C(CNc2cn[nH]c(=O)c2)C1(C)C. The number of anilines is 1. The molecule has 0 aliphatic heterocycles. The fraction of sp³-hybridized carbons (Fsp3) is 0.667. The number of nitrogens with zero attached hydrogens (tertiary/aromatic N) is 1. The molecule has 4 heteroatoms. The van der Waals surface area contributed by atoms with Crippen molar-refractivity contribution in [1.29, 1.82) is 0 Å². The predicted octanol–water partition coefficient (Wildman–Crippen LogP) is 1.86. The third-order valence-electron chi connectivity index (χ3n) is 4.49. The van der Waals surface area contributed by atoms with Crippen molar-refractivity contribution in [3.05, 3.63) is 22.6 Å². The molecule has 1 saturated carbocycles. The molecule has 16 heavy (non-hydrogen) atoms. The van der Waals surface area contributed by atoms with Gasteiger partial charge in [-0.1, -0.05) is 27.7 Å². The van der Waals surface area contributed by atoms with Gasteiger partial charge in [0.2, 0.25) is 0 Å². The molecule has 2 rings (SSSR count). The summed E-state index contributed by atoms with van der Waals surface area (Å²) in [5, 5.41) is 9.39. The number of hydrogen-bond acceptors (Lipinski definition) is 3. The Hall–Kier alpha value is -1.32. The number of H-pyrrole nitrogens is 1. The van der Waals surface area contributed by atoms with Crippen LogP contribution in [0, 0.1) is 16.7 Å². The van der Waals surface area contributed by atoms with E-state index in [9.17, 15) is 4.79 Å². The Morgan fingerprint density at radius 2 is 2.00 bits per heavy atom. The molecule has 1 aliphatic rings. The average molecular weight is 221 g/mol. The average Bonchev–Trinajstić information content (AvgIpc) is 2.55. The third-order valence-corrected chi connectivity index (χ3v) is 4.49. The maximum absolute atomic E-state index is 11.0. The Balaban J connectivity index is 1.98. The second-order valence-corrected chi connectivity index (χ2v) is 5.71. The van der Waals surface area contributed by atoms with Crippen LogP contribution in [0.4, 0.5) is 5.69 Å². The van der Waals surface area contributed by atoms with Gasteiger partial charge in [-0.3, -0.25) is 4.79 Å². The third kappa shape index (κ3) is 1.62. The van der Waals surface area contributed by atoms with Crippen molar-refractivity contribution in [3.8, 4) is 0 Å². The Morgan fingerprint density at radius 3 is 2.50 bits per heavy atom. The number of rotatable bonds is 3. The number of aromatic nitrogens is 2. The summed E-state index contributed by atoms with van der Waals surface area (Å²) < 4.78 is 0. The Bertz CT molecular complexity index is 434. The minimum absolute atomic E-state index is 0.167. The summed E-state index contributed by atoms with van der Waals surface area (Å²) in [5.41, 5.74) is 1.37. The van der Waals surface area contributed by atoms with E-state index >= 15 is 0 Å². The van der Waals surface area contributed by atoms with Crippen LogP contribution in [0.5, 0.6) is 0 Å². The minimum Gasteiger partial charge on any atom is -0.383 e. The maximum Gasteiger partial charge on any atom is 0.266 e. The van der Waals surface area contributed by atoms with Gasteiger partial charge in [-0.2, -0.15) is 5.10 Å². The lowest BCUT2D eigenvalue weighted by molar-refractivity contribution is 0.457. The molecule has 0 amide bonds. The summed E-state index contributed by atoms with van der Waals surface area (Å²) >= 11 is 0. The zero-order chi connectivity index (χ0) is 12.0. The quantitative estimate of drug-likeness (QED) is 0.819. The largest absolute Gasteiger partial charge is 0.383 e. The molecule has 0 saturated heterocycles. The van der Waals surface area contributed by atoms with Crippen LogP contribution in [-0.2, 0) is 0 Å². The normalized spacial score (nSPS) is 21.8. The zero-order valence-corrected chi connectivity index (χ0v) is 10.3. The van der Waals surface area contributed by atoms with Gasteiger partial charge in [0.1, 0.15) is 0 Å². The molecule has 2 N–H and O–H groups in total. The maximum atomic E-state index is 11.0. The molecule has 1 fully saturated rings. The summed E-state index contributed by atoms with van der Waals surface area (Å²) in [5.74, 6) is 0.638. The van der Waals surface area contributed by atoms with Crippen molar-refractivity contribution in [2.45, 2.75) is 27.7 Å². The standard InChI is InChI=1S/C12H19N3O/c1-11(2)9(12(11,3)4)7-13-8-5-10(16)15-14-6-8/h5-6,9H,7H2,1-4H3,(H2,13,15,16). The van der Waals surface area contributed by atoms with E-state index in [0.29, 0.717) is 16.7 Å². The van der Waals surface area contributed by atoms with Gasteiger partial charge in [0.25, 0.3) is 5.56 Å². The highest BCUT2D eigenvalue weighted by Crippen LogP contribution is 2.68. The summed E-state index contributed by atoms with van der Waals surface area (Å²) in [4.78, 5) is 11.0. The van der Waals surface area contributed by atoms with Gasteiger partial charge < -0.3 is 5.32 Å². The molecule has 0 unspecified atom stereocenters. The summed E-state index contributed by atoms with van der Waals surface area (Å²) in [6.45, 7) is 10.0. The van der Waals surface area contributed by atoms with Gasteiger partial charge in [0.05, 0.1) is 11.9 Å². The van der Waals surface area contributed by atoms with Crippen molar-refractivity contribution in [2.75, 3.05) is 11.9 Å². The lowest BCUT2D eigenvalue weighted by Crippen LogP contribution is -2.12. The first-order valence-corrected chi connectivity index (χ1v) is 5.64.